The Kier molecular flexibility index (Phi) is 5.68. The first-order valence-electron chi connectivity index (χ1n) is 7.01. The van der Waals surface area contributed by atoms with Gasteiger partial charge in [0.2, 0.25) is 0 Å². The summed E-state index contributed by atoms with van der Waals surface area (Å²) in [5, 5.41) is 6.88. The third-order valence-corrected chi connectivity index (χ3v) is 3.77. The maximum Gasteiger partial charge on any atom is 0.257 e. The lowest BCUT2D eigenvalue weighted by Crippen LogP contribution is -2.31. The smallest absolute Gasteiger partial charge is 0.257 e. The van der Waals surface area contributed by atoms with Crippen LogP contribution in [0.3, 0.4) is 0 Å². The zero-order chi connectivity index (χ0) is 14.4. The first-order valence-corrected chi connectivity index (χ1v) is 7.39. The number of hydrogen-bond acceptors (Lipinski definition) is 3. The maximum absolute atomic E-state index is 11.7. The maximum atomic E-state index is 11.7. The van der Waals surface area contributed by atoms with Crippen LogP contribution in [0.4, 0.5) is 0 Å². The molecule has 1 aromatic carbocycles. The quantitative estimate of drug-likeness (QED) is 0.846. The monoisotopic (exact) mass is 296 g/mol. The molecule has 1 saturated heterocycles. The number of aryl methyl sites for hydroxylation is 1. The van der Waals surface area contributed by atoms with Crippen LogP contribution in [0.2, 0.25) is 5.02 Å². The number of ether oxygens (including phenoxy) is 1. The standard InChI is InChI=1S/C15H21ClN2O2/c1-11-8-13(16)2-3-14(11)20-10-15(19)18-7-5-12-4-6-17-9-12/h2-3,8,12,17H,4-7,9-10H2,1H3,(H,18,19). The van der Waals surface area contributed by atoms with E-state index in [1.54, 1.807) is 12.1 Å². The van der Waals surface area contributed by atoms with Gasteiger partial charge in [0.1, 0.15) is 5.75 Å². The largest absolute Gasteiger partial charge is 0.484 e. The molecule has 1 aliphatic rings. The van der Waals surface area contributed by atoms with Crippen LogP contribution >= 0.6 is 11.6 Å². The van der Waals surface area contributed by atoms with Gasteiger partial charge < -0.3 is 15.4 Å². The second kappa shape index (κ2) is 7.50. The molecule has 1 fully saturated rings. The molecule has 1 unspecified atom stereocenters. The fourth-order valence-corrected chi connectivity index (χ4v) is 2.57. The minimum Gasteiger partial charge on any atom is -0.484 e. The van der Waals surface area contributed by atoms with Crippen molar-refractivity contribution in [2.75, 3.05) is 26.2 Å². The van der Waals surface area contributed by atoms with Crippen LogP contribution in [0.1, 0.15) is 18.4 Å². The molecular weight excluding hydrogens is 276 g/mol. The highest BCUT2D eigenvalue weighted by atomic mass is 35.5. The topological polar surface area (TPSA) is 50.4 Å². The van der Waals surface area contributed by atoms with E-state index in [4.69, 9.17) is 16.3 Å². The first-order chi connectivity index (χ1) is 9.65. The van der Waals surface area contributed by atoms with Crippen LogP contribution in [0.25, 0.3) is 0 Å². The summed E-state index contributed by atoms with van der Waals surface area (Å²) in [7, 11) is 0. The van der Waals surface area contributed by atoms with Gasteiger partial charge in [-0.2, -0.15) is 0 Å². The van der Waals surface area contributed by atoms with Crippen molar-refractivity contribution in [2.45, 2.75) is 19.8 Å². The Bertz CT molecular complexity index is 459. The highest BCUT2D eigenvalue weighted by Gasteiger charge is 2.14. The number of hydrogen-bond donors (Lipinski definition) is 2. The fourth-order valence-electron chi connectivity index (χ4n) is 2.35. The second-order valence-corrected chi connectivity index (χ2v) is 5.63. The predicted octanol–water partition coefficient (Wildman–Crippen LogP) is 2.14. The first kappa shape index (κ1) is 15.1. The number of nitrogens with one attached hydrogen (secondary N) is 2. The van der Waals surface area contributed by atoms with E-state index >= 15 is 0 Å². The highest BCUT2D eigenvalue weighted by molar-refractivity contribution is 6.30. The van der Waals surface area contributed by atoms with Gasteiger partial charge in [-0.05, 0) is 62.5 Å². The van der Waals surface area contributed by atoms with Crippen LogP contribution in [0.5, 0.6) is 5.75 Å². The van der Waals surface area contributed by atoms with Crippen LogP contribution in [-0.2, 0) is 4.79 Å². The molecule has 0 bridgehead atoms. The number of rotatable bonds is 6. The van der Waals surface area contributed by atoms with Crippen molar-refractivity contribution in [3.63, 3.8) is 0 Å². The van der Waals surface area contributed by atoms with Crippen molar-refractivity contribution in [1.82, 2.24) is 10.6 Å². The Hall–Kier alpha value is -1.26. The van der Waals surface area contributed by atoms with Crippen LogP contribution in [0, 0.1) is 12.8 Å². The molecule has 0 spiro atoms. The molecule has 0 aliphatic carbocycles. The summed E-state index contributed by atoms with van der Waals surface area (Å²) in [5.41, 5.74) is 0.933. The summed E-state index contributed by atoms with van der Waals surface area (Å²) < 4.78 is 5.49. The van der Waals surface area contributed by atoms with E-state index in [2.05, 4.69) is 10.6 Å². The van der Waals surface area contributed by atoms with E-state index in [-0.39, 0.29) is 12.5 Å². The van der Waals surface area contributed by atoms with Gasteiger partial charge in [0.05, 0.1) is 0 Å². The summed E-state index contributed by atoms with van der Waals surface area (Å²) in [4.78, 5) is 11.7. The van der Waals surface area contributed by atoms with E-state index in [0.29, 0.717) is 23.2 Å². The minimum atomic E-state index is -0.0784. The molecule has 5 heteroatoms. The summed E-state index contributed by atoms with van der Waals surface area (Å²) in [6.07, 6.45) is 2.23. The van der Waals surface area contributed by atoms with Gasteiger partial charge in [0.25, 0.3) is 5.91 Å². The Morgan fingerprint density at radius 2 is 2.40 bits per heavy atom. The van der Waals surface area contributed by atoms with Gasteiger partial charge in [-0.1, -0.05) is 11.6 Å². The van der Waals surface area contributed by atoms with E-state index in [1.165, 1.54) is 6.42 Å². The summed E-state index contributed by atoms with van der Waals surface area (Å²) in [6, 6.07) is 5.37. The Morgan fingerprint density at radius 1 is 1.55 bits per heavy atom. The van der Waals surface area contributed by atoms with Crippen molar-refractivity contribution in [2.24, 2.45) is 5.92 Å². The average Bonchev–Trinajstić information content (AvgIpc) is 2.91. The number of carbonyl (C=O) groups excluding carboxylic acids is 1. The average molecular weight is 297 g/mol. The van der Waals surface area contributed by atoms with Crippen LogP contribution < -0.4 is 15.4 Å². The zero-order valence-electron chi connectivity index (χ0n) is 11.7. The highest BCUT2D eigenvalue weighted by Crippen LogP contribution is 2.21. The lowest BCUT2D eigenvalue weighted by Gasteiger charge is -2.11. The van der Waals surface area contributed by atoms with E-state index < -0.39 is 0 Å². The molecule has 110 valence electrons. The van der Waals surface area contributed by atoms with Gasteiger partial charge in [0.15, 0.2) is 6.61 Å². The van der Waals surface area contributed by atoms with E-state index in [0.717, 1.165) is 25.1 Å². The zero-order valence-corrected chi connectivity index (χ0v) is 12.5. The molecule has 2 N–H and O–H groups in total. The summed E-state index contributed by atoms with van der Waals surface area (Å²) in [5.74, 6) is 1.31. The van der Waals surface area contributed by atoms with E-state index in [1.807, 2.05) is 13.0 Å². The lowest BCUT2D eigenvalue weighted by atomic mass is 10.1. The second-order valence-electron chi connectivity index (χ2n) is 5.20. The van der Waals surface area contributed by atoms with E-state index in [9.17, 15) is 4.79 Å². The Balaban J connectivity index is 1.66. The predicted molar refractivity (Wildman–Crippen MR) is 80.3 cm³/mol. The molecule has 2 rings (SSSR count). The molecule has 4 nitrogen and oxygen atoms in total. The minimum absolute atomic E-state index is 0.0470. The number of benzene rings is 1. The van der Waals surface area contributed by atoms with Crippen molar-refractivity contribution in [3.05, 3.63) is 28.8 Å². The normalized spacial score (nSPS) is 18.0. The molecule has 1 heterocycles. The Labute approximate surface area is 124 Å². The van der Waals surface area contributed by atoms with Crippen molar-refractivity contribution < 1.29 is 9.53 Å². The van der Waals surface area contributed by atoms with Gasteiger partial charge in [-0.25, -0.2) is 0 Å². The van der Waals surface area contributed by atoms with Crippen LogP contribution in [0.15, 0.2) is 18.2 Å². The van der Waals surface area contributed by atoms with Gasteiger partial charge in [-0.15, -0.1) is 0 Å². The van der Waals surface area contributed by atoms with Crippen LogP contribution in [-0.4, -0.2) is 32.1 Å². The molecule has 1 aliphatic heterocycles. The molecule has 0 aromatic heterocycles. The molecule has 20 heavy (non-hydrogen) atoms. The third-order valence-electron chi connectivity index (χ3n) is 3.53. The fraction of sp³-hybridized carbons (Fsp3) is 0.533. The molecule has 1 atom stereocenters. The summed E-state index contributed by atoms with van der Waals surface area (Å²) in [6.45, 7) is 4.83. The third kappa shape index (κ3) is 4.69. The number of amides is 1. The van der Waals surface area contributed by atoms with Crippen molar-refractivity contribution in [1.29, 1.82) is 0 Å². The number of halogens is 1. The SMILES string of the molecule is Cc1cc(Cl)ccc1OCC(=O)NCCC1CCNC1. The molecule has 0 saturated carbocycles. The number of carbonyl (C=O) groups is 1. The molecule has 1 aromatic rings. The molecule has 0 radical (unpaired) electrons. The van der Waals surface area contributed by atoms with Crippen molar-refractivity contribution in [3.8, 4) is 5.75 Å². The van der Waals surface area contributed by atoms with Gasteiger partial charge >= 0.3 is 0 Å². The Morgan fingerprint density at radius 3 is 3.10 bits per heavy atom. The summed E-state index contributed by atoms with van der Waals surface area (Å²) >= 11 is 5.87. The lowest BCUT2D eigenvalue weighted by molar-refractivity contribution is -0.123. The van der Waals surface area contributed by atoms with Gasteiger partial charge in [0, 0.05) is 11.6 Å². The van der Waals surface area contributed by atoms with Gasteiger partial charge in [-0.3, -0.25) is 4.79 Å². The molecule has 1 amide bonds. The molecular formula is C15H21ClN2O2. The van der Waals surface area contributed by atoms with Crippen molar-refractivity contribution >= 4 is 17.5 Å².